The summed E-state index contributed by atoms with van der Waals surface area (Å²) in [7, 11) is 0. The Kier molecular flexibility index (Phi) is 8.21. The number of amides is 4. The number of thioether (sulfide) groups is 1. The lowest BCUT2D eigenvalue weighted by atomic mass is 10.0. The van der Waals surface area contributed by atoms with E-state index in [1.165, 1.54) is 16.7 Å². The van der Waals surface area contributed by atoms with Crippen molar-refractivity contribution in [2.45, 2.75) is 48.9 Å². The molecule has 2 aliphatic heterocycles. The third-order valence-corrected chi connectivity index (χ3v) is 8.06. The molecule has 0 spiro atoms. The Morgan fingerprint density at radius 3 is 2.50 bits per heavy atom. The molecule has 8 nitrogen and oxygen atoms in total. The molecule has 1 fully saturated rings. The Labute approximate surface area is 219 Å². The number of carbonyl (C=O) groups is 4. The largest absolute Gasteiger partial charge is 0.344 e. The fourth-order valence-electron chi connectivity index (χ4n) is 4.51. The minimum Gasteiger partial charge on any atom is -0.344 e. The average Bonchev–Trinajstić information content (AvgIpc) is 3.28. The summed E-state index contributed by atoms with van der Waals surface area (Å²) in [6, 6.07) is 13.0. The SMILES string of the molecule is CCN(CC)C(=O)CN1C(=O)[C@H](NC(=O)[C@@H]2CCC(=O)N2)[C@H](c2ccccc2)Sc2cc(Cl)ccc21. The lowest BCUT2D eigenvalue weighted by Crippen LogP contribution is -2.55. The molecule has 4 amide bonds. The summed E-state index contributed by atoms with van der Waals surface area (Å²) < 4.78 is 0. The van der Waals surface area contributed by atoms with Gasteiger partial charge in [-0.1, -0.05) is 41.9 Å². The minimum absolute atomic E-state index is 0.163. The van der Waals surface area contributed by atoms with E-state index in [-0.39, 0.29) is 24.8 Å². The highest BCUT2D eigenvalue weighted by molar-refractivity contribution is 7.99. The zero-order valence-corrected chi connectivity index (χ0v) is 21.8. The molecule has 0 bridgehead atoms. The Morgan fingerprint density at radius 1 is 1.14 bits per heavy atom. The number of nitrogens with one attached hydrogen (secondary N) is 2. The molecule has 10 heteroatoms. The number of carbonyl (C=O) groups excluding carboxylic acids is 4. The van der Waals surface area contributed by atoms with Gasteiger partial charge in [0.05, 0.1) is 10.9 Å². The highest BCUT2D eigenvalue weighted by Crippen LogP contribution is 2.46. The fourth-order valence-corrected chi connectivity index (χ4v) is 6.12. The second-order valence-electron chi connectivity index (χ2n) is 8.70. The summed E-state index contributed by atoms with van der Waals surface area (Å²) in [4.78, 5) is 55.9. The van der Waals surface area contributed by atoms with Crippen molar-refractivity contribution < 1.29 is 19.2 Å². The van der Waals surface area contributed by atoms with E-state index < -0.39 is 29.1 Å². The van der Waals surface area contributed by atoms with Crippen LogP contribution in [0.25, 0.3) is 0 Å². The van der Waals surface area contributed by atoms with Crippen LogP contribution in [-0.4, -0.2) is 60.2 Å². The van der Waals surface area contributed by atoms with Gasteiger partial charge in [-0.2, -0.15) is 0 Å². The van der Waals surface area contributed by atoms with Gasteiger partial charge in [0.2, 0.25) is 17.7 Å². The number of hydrogen-bond acceptors (Lipinski definition) is 5. The molecule has 190 valence electrons. The highest BCUT2D eigenvalue weighted by atomic mass is 35.5. The van der Waals surface area contributed by atoms with E-state index in [2.05, 4.69) is 10.6 Å². The topological polar surface area (TPSA) is 98.8 Å². The molecule has 1 saturated heterocycles. The van der Waals surface area contributed by atoms with Gasteiger partial charge in [0, 0.05) is 29.4 Å². The van der Waals surface area contributed by atoms with Crippen LogP contribution in [0.1, 0.15) is 37.5 Å². The molecule has 0 unspecified atom stereocenters. The summed E-state index contributed by atoms with van der Waals surface area (Å²) in [6.07, 6.45) is 0.636. The van der Waals surface area contributed by atoms with Crippen molar-refractivity contribution >= 4 is 52.7 Å². The molecule has 36 heavy (non-hydrogen) atoms. The predicted octanol–water partition coefficient (Wildman–Crippen LogP) is 3.15. The maximum atomic E-state index is 14.1. The fraction of sp³-hybridized carbons (Fsp3) is 0.385. The van der Waals surface area contributed by atoms with Crippen molar-refractivity contribution in [1.29, 1.82) is 0 Å². The van der Waals surface area contributed by atoms with Gasteiger partial charge in [-0.15, -0.1) is 11.8 Å². The van der Waals surface area contributed by atoms with Crippen LogP contribution in [0.15, 0.2) is 53.4 Å². The van der Waals surface area contributed by atoms with Gasteiger partial charge in [0.15, 0.2) is 0 Å². The third-order valence-electron chi connectivity index (χ3n) is 6.45. The molecule has 0 aromatic heterocycles. The first kappa shape index (κ1) is 26.0. The molecular formula is C26H29ClN4O4S. The molecule has 3 atom stereocenters. The average molecular weight is 529 g/mol. The number of rotatable bonds is 7. The van der Waals surface area contributed by atoms with Crippen LogP contribution < -0.4 is 15.5 Å². The maximum Gasteiger partial charge on any atom is 0.251 e. The lowest BCUT2D eigenvalue weighted by Gasteiger charge is -2.30. The molecule has 2 heterocycles. The molecule has 0 radical (unpaired) electrons. The smallest absolute Gasteiger partial charge is 0.251 e. The van der Waals surface area contributed by atoms with Crippen LogP contribution in [0.3, 0.4) is 0 Å². The van der Waals surface area contributed by atoms with Crippen LogP contribution >= 0.6 is 23.4 Å². The Bertz CT molecular complexity index is 1160. The van der Waals surface area contributed by atoms with Crippen LogP contribution in [0.5, 0.6) is 0 Å². The van der Waals surface area contributed by atoms with Gasteiger partial charge >= 0.3 is 0 Å². The molecule has 2 aromatic carbocycles. The summed E-state index contributed by atoms with van der Waals surface area (Å²) in [5.74, 6) is -1.19. The number of nitrogens with zero attached hydrogens (tertiary/aromatic N) is 2. The van der Waals surface area contributed by atoms with E-state index >= 15 is 0 Å². The van der Waals surface area contributed by atoms with Crippen molar-refractivity contribution in [1.82, 2.24) is 15.5 Å². The summed E-state index contributed by atoms with van der Waals surface area (Å²) >= 11 is 7.75. The van der Waals surface area contributed by atoms with Crippen LogP contribution in [0.2, 0.25) is 5.02 Å². The lowest BCUT2D eigenvalue weighted by molar-refractivity contribution is -0.132. The van der Waals surface area contributed by atoms with E-state index in [1.807, 2.05) is 44.2 Å². The first-order valence-electron chi connectivity index (χ1n) is 12.0. The summed E-state index contributed by atoms with van der Waals surface area (Å²) in [5.41, 5.74) is 1.42. The van der Waals surface area contributed by atoms with Crippen LogP contribution in [0.4, 0.5) is 5.69 Å². The molecule has 2 aromatic rings. The highest BCUT2D eigenvalue weighted by Gasteiger charge is 2.42. The molecule has 2 N–H and O–H groups in total. The molecular weight excluding hydrogens is 500 g/mol. The number of halogens is 1. The Hall–Kier alpha value is -3.04. The van der Waals surface area contributed by atoms with Crippen molar-refractivity contribution in [2.24, 2.45) is 0 Å². The van der Waals surface area contributed by atoms with Gasteiger partial charge in [-0.25, -0.2) is 0 Å². The Morgan fingerprint density at radius 2 is 1.86 bits per heavy atom. The van der Waals surface area contributed by atoms with Gasteiger partial charge in [0.25, 0.3) is 5.91 Å². The number of hydrogen-bond donors (Lipinski definition) is 2. The van der Waals surface area contributed by atoms with Crippen molar-refractivity contribution in [2.75, 3.05) is 24.5 Å². The number of anilines is 1. The van der Waals surface area contributed by atoms with E-state index in [1.54, 1.807) is 23.1 Å². The van der Waals surface area contributed by atoms with Gasteiger partial charge in [0.1, 0.15) is 18.6 Å². The van der Waals surface area contributed by atoms with Crippen molar-refractivity contribution in [3.8, 4) is 0 Å². The number of benzene rings is 2. The van der Waals surface area contributed by atoms with Crippen LogP contribution in [0, 0.1) is 0 Å². The summed E-state index contributed by atoms with van der Waals surface area (Å²) in [5, 5.41) is 5.60. The molecule has 0 saturated carbocycles. The summed E-state index contributed by atoms with van der Waals surface area (Å²) in [6.45, 7) is 4.66. The van der Waals surface area contributed by atoms with Crippen molar-refractivity contribution in [3.63, 3.8) is 0 Å². The van der Waals surface area contributed by atoms with E-state index in [0.29, 0.717) is 30.2 Å². The Balaban J connectivity index is 1.76. The first-order chi connectivity index (χ1) is 17.3. The normalized spacial score (nSPS) is 21.4. The van der Waals surface area contributed by atoms with Crippen molar-refractivity contribution in [3.05, 3.63) is 59.1 Å². The maximum absolute atomic E-state index is 14.1. The molecule has 2 aliphatic rings. The van der Waals surface area contributed by atoms with E-state index in [9.17, 15) is 19.2 Å². The second kappa shape index (κ2) is 11.3. The van der Waals surface area contributed by atoms with E-state index in [0.717, 1.165) is 10.5 Å². The quantitative estimate of drug-likeness (QED) is 0.575. The number of likely N-dealkylation sites (N-methyl/N-ethyl adjacent to an activating group) is 1. The minimum atomic E-state index is -0.974. The first-order valence-corrected chi connectivity index (χ1v) is 13.3. The second-order valence-corrected chi connectivity index (χ2v) is 10.3. The van der Waals surface area contributed by atoms with Gasteiger partial charge < -0.3 is 20.4 Å². The van der Waals surface area contributed by atoms with E-state index in [4.69, 9.17) is 11.6 Å². The van der Waals surface area contributed by atoms with Gasteiger partial charge in [-0.05, 0) is 44.0 Å². The van der Waals surface area contributed by atoms with Crippen LogP contribution in [-0.2, 0) is 19.2 Å². The zero-order valence-electron chi connectivity index (χ0n) is 20.2. The number of fused-ring (bicyclic) bond motifs is 1. The third kappa shape index (κ3) is 5.52. The van der Waals surface area contributed by atoms with Gasteiger partial charge in [-0.3, -0.25) is 19.2 Å². The zero-order chi connectivity index (χ0) is 25.8. The molecule has 0 aliphatic carbocycles. The standard InChI is InChI=1S/C26H29ClN4O4S/c1-3-30(4-2)22(33)15-31-19-12-10-17(27)14-20(19)36-24(16-8-6-5-7-9-16)23(26(31)35)29-25(34)18-11-13-21(32)28-18/h5-10,12,14,18,23-24H,3-4,11,13,15H2,1-2H3,(H,28,32)(H,29,34)/t18-,23+,24-/m0/s1. The predicted molar refractivity (Wildman–Crippen MR) is 140 cm³/mol. The monoisotopic (exact) mass is 528 g/mol. The molecule has 4 rings (SSSR count).